The molecule has 132 valence electrons. The smallest absolute Gasteiger partial charge is 0.255 e. The number of nitrogens with one attached hydrogen (secondary N) is 1. The second-order valence-electron chi connectivity index (χ2n) is 6.66. The van der Waals surface area contributed by atoms with Crippen LogP contribution in [0.2, 0.25) is 0 Å². The number of amides is 1. The highest BCUT2D eigenvalue weighted by Crippen LogP contribution is 2.34. The fourth-order valence-corrected chi connectivity index (χ4v) is 4.59. The first-order valence-electron chi connectivity index (χ1n) is 8.18. The molecule has 2 aromatic rings. The number of carbonyl (C=O) groups is 1. The van der Waals surface area contributed by atoms with E-state index < -0.39 is 10.0 Å². The van der Waals surface area contributed by atoms with Crippen molar-refractivity contribution in [1.82, 2.24) is 0 Å². The third-order valence-electron chi connectivity index (χ3n) is 4.70. The summed E-state index contributed by atoms with van der Waals surface area (Å²) in [5.74, 6) is -0.193. The molecular formula is C19H22N2O3S. The third-order valence-corrected chi connectivity index (χ3v) is 5.98. The molecule has 3 rings (SSSR count). The molecule has 0 saturated heterocycles. The van der Waals surface area contributed by atoms with Crippen LogP contribution in [0.5, 0.6) is 0 Å². The summed E-state index contributed by atoms with van der Waals surface area (Å²) in [5, 5.41) is 2.94. The first-order valence-corrected chi connectivity index (χ1v) is 10.0. The average molecular weight is 358 g/mol. The van der Waals surface area contributed by atoms with Gasteiger partial charge in [-0.1, -0.05) is 12.1 Å². The molecule has 1 atom stereocenters. The molecule has 6 heteroatoms. The molecule has 0 aliphatic carbocycles. The summed E-state index contributed by atoms with van der Waals surface area (Å²) in [6.45, 7) is 5.84. The van der Waals surface area contributed by atoms with E-state index in [1.807, 2.05) is 39.0 Å². The zero-order valence-corrected chi connectivity index (χ0v) is 15.6. The highest BCUT2D eigenvalue weighted by Gasteiger charge is 2.32. The molecule has 1 aliphatic rings. The number of carbonyl (C=O) groups excluding carboxylic acids is 1. The molecule has 0 saturated carbocycles. The molecule has 0 aromatic heterocycles. The topological polar surface area (TPSA) is 66.5 Å². The van der Waals surface area contributed by atoms with Gasteiger partial charge in [0.1, 0.15) is 0 Å². The first kappa shape index (κ1) is 17.5. The highest BCUT2D eigenvalue weighted by atomic mass is 32.2. The van der Waals surface area contributed by atoms with Crippen molar-refractivity contribution in [2.45, 2.75) is 33.2 Å². The fraction of sp³-hybridized carbons (Fsp3) is 0.316. The van der Waals surface area contributed by atoms with Crippen molar-refractivity contribution in [1.29, 1.82) is 0 Å². The maximum absolute atomic E-state index is 12.6. The summed E-state index contributed by atoms with van der Waals surface area (Å²) in [4.78, 5) is 12.6. The van der Waals surface area contributed by atoms with Gasteiger partial charge in [-0.25, -0.2) is 8.42 Å². The summed E-state index contributed by atoms with van der Waals surface area (Å²) in [6, 6.07) is 10.8. The largest absolute Gasteiger partial charge is 0.322 e. The van der Waals surface area contributed by atoms with E-state index in [1.54, 1.807) is 18.2 Å². The van der Waals surface area contributed by atoms with Crippen molar-refractivity contribution >= 4 is 27.3 Å². The summed E-state index contributed by atoms with van der Waals surface area (Å²) in [6.07, 6.45) is 1.81. The van der Waals surface area contributed by atoms with Gasteiger partial charge in [0.25, 0.3) is 5.91 Å². The monoisotopic (exact) mass is 358 g/mol. The highest BCUT2D eigenvalue weighted by molar-refractivity contribution is 7.92. The molecule has 1 heterocycles. The zero-order chi connectivity index (χ0) is 18.4. The number of nitrogens with zero attached hydrogens (tertiary/aromatic N) is 1. The minimum atomic E-state index is -3.32. The van der Waals surface area contributed by atoms with Gasteiger partial charge in [-0.05, 0) is 68.1 Å². The number of rotatable bonds is 3. The van der Waals surface area contributed by atoms with E-state index in [2.05, 4.69) is 5.32 Å². The van der Waals surface area contributed by atoms with Gasteiger partial charge in [0.2, 0.25) is 10.0 Å². The minimum absolute atomic E-state index is 0.137. The van der Waals surface area contributed by atoms with Gasteiger partial charge < -0.3 is 5.32 Å². The van der Waals surface area contributed by atoms with Gasteiger partial charge in [0.05, 0.1) is 11.9 Å². The van der Waals surface area contributed by atoms with Gasteiger partial charge in [-0.3, -0.25) is 9.10 Å². The van der Waals surface area contributed by atoms with Crippen molar-refractivity contribution in [3.8, 4) is 0 Å². The molecular weight excluding hydrogens is 336 g/mol. The van der Waals surface area contributed by atoms with E-state index in [0.717, 1.165) is 22.4 Å². The van der Waals surface area contributed by atoms with Crippen molar-refractivity contribution in [3.05, 3.63) is 58.7 Å². The number of anilines is 2. The molecule has 25 heavy (non-hydrogen) atoms. The maximum Gasteiger partial charge on any atom is 0.255 e. The third kappa shape index (κ3) is 3.26. The van der Waals surface area contributed by atoms with Crippen LogP contribution < -0.4 is 9.62 Å². The van der Waals surface area contributed by atoms with Crippen molar-refractivity contribution < 1.29 is 13.2 Å². The van der Waals surface area contributed by atoms with Crippen LogP contribution in [0.15, 0.2) is 36.4 Å². The van der Waals surface area contributed by atoms with Crippen molar-refractivity contribution in [3.63, 3.8) is 0 Å². The first-order chi connectivity index (χ1) is 11.7. The lowest BCUT2D eigenvalue weighted by atomic mass is 10.1. The second-order valence-corrected chi connectivity index (χ2v) is 8.52. The Bertz CT molecular complexity index is 951. The van der Waals surface area contributed by atoms with E-state index in [4.69, 9.17) is 0 Å². The van der Waals surface area contributed by atoms with Crippen LogP contribution in [0.1, 0.15) is 34.0 Å². The van der Waals surface area contributed by atoms with Crippen LogP contribution in [0.25, 0.3) is 0 Å². The SMILES string of the molecule is Cc1cccc(NC(=O)c2ccc3c(c2)C[C@@H](C)N3S(C)(=O)=O)c1C. The molecule has 0 radical (unpaired) electrons. The lowest BCUT2D eigenvalue weighted by Crippen LogP contribution is -2.34. The quantitative estimate of drug-likeness (QED) is 0.916. The molecule has 2 aromatic carbocycles. The van der Waals surface area contributed by atoms with Crippen LogP contribution in [-0.2, 0) is 16.4 Å². The Kier molecular flexibility index (Phi) is 4.33. The van der Waals surface area contributed by atoms with Crippen LogP contribution in [0, 0.1) is 13.8 Å². The normalized spacial score (nSPS) is 16.6. The van der Waals surface area contributed by atoms with Crippen molar-refractivity contribution in [2.24, 2.45) is 0 Å². The number of hydrogen-bond acceptors (Lipinski definition) is 3. The molecule has 0 bridgehead atoms. The van der Waals surface area contributed by atoms with E-state index in [0.29, 0.717) is 17.7 Å². The molecule has 0 fully saturated rings. The molecule has 1 N–H and O–H groups in total. The standard InChI is InChI=1S/C19H22N2O3S/c1-12-6-5-7-17(14(12)3)20-19(22)15-8-9-18-16(11-15)10-13(2)21(18)25(4,23)24/h5-9,11,13H,10H2,1-4H3,(H,20,22)/t13-/m1/s1. The summed E-state index contributed by atoms with van der Waals surface area (Å²) >= 11 is 0. The second kappa shape index (κ2) is 6.19. The predicted molar refractivity (Wildman–Crippen MR) is 101 cm³/mol. The van der Waals surface area contributed by atoms with Crippen LogP contribution in [-0.4, -0.2) is 26.6 Å². The van der Waals surface area contributed by atoms with Gasteiger partial charge in [0, 0.05) is 17.3 Å². The molecule has 5 nitrogen and oxygen atoms in total. The number of sulfonamides is 1. The van der Waals surface area contributed by atoms with E-state index in [1.165, 1.54) is 10.6 Å². The Morgan fingerprint density at radius 2 is 1.92 bits per heavy atom. The Morgan fingerprint density at radius 3 is 2.60 bits per heavy atom. The number of benzene rings is 2. The van der Waals surface area contributed by atoms with Crippen LogP contribution >= 0.6 is 0 Å². The maximum atomic E-state index is 12.6. The molecule has 1 aliphatic heterocycles. The Balaban J connectivity index is 1.90. The van der Waals surface area contributed by atoms with E-state index >= 15 is 0 Å². The number of fused-ring (bicyclic) bond motifs is 1. The minimum Gasteiger partial charge on any atom is -0.322 e. The van der Waals surface area contributed by atoms with Gasteiger partial charge in [-0.15, -0.1) is 0 Å². The lowest BCUT2D eigenvalue weighted by molar-refractivity contribution is 0.102. The van der Waals surface area contributed by atoms with Crippen LogP contribution in [0.4, 0.5) is 11.4 Å². The summed E-state index contributed by atoms with van der Waals surface area (Å²) in [7, 11) is -3.32. The van der Waals surface area contributed by atoms with E-state index in [-0.39, 0.29) is 11.9 Å². The lowest BCUT2D eigenvalue weighted by Gasteiger charge is -2.21. The summed E-state index contributed by atoms with van der Waals surface area (Å²) < 4.78 is 25.4. The number of aryl methyl sites for hydroxylation is 1. The fourth-order valence-electron chi connectivity index (χ4n) is 3.33. The Hall–Kier alpha value is -2.34. The predicted octanol–water partition coefficient (Wildman–Crippen LogP) is 3.27. The zero-order valence-electron chi connectivity index (χ0n) is 14.8. The van der Waals surface area contributed by atoms with Gasteiger partial charge >= 0.3 is 0 Å². The molecule has 1 amide bonds. The van der Waals surface area contributed by atoms with Crippen LogP contribution in [0.3, 0.4) is 0 Å². The molecule has 0 spiro atoms. The van der Waals surface area contributed by atoms with Crippen molar-refractivity contribution in [2.75, 3.05) is 15.9 Å². The molecule has 0 unspecified atom stereocenters. The van der Waals surface area contributed by atoms with Gasteiger partial charge in [0.15, 0.2) is 0 Å². The Labute approximate surface area is 148 Å². The van der Waals surface area contributed by atoms with E-state index in [9.17, 15) is 13.2 Å². The summed E-state index contributed by atoms with van der Waals surface area (Å²) in [5.41, 5.74) is 5.02. The van der Waals surface area contributed by atoms with Gasteiger partial charge in [-0.2, -0.15) is 0 Å². The Morgan fingerprint density at radius 1 is 1.20 bits per heavy atom. The average Bonchev–Trinajstić information content (AvgIpc) is 2.86. The number of hydrogen-bond donors (Lipinski definition) is 1.